The molecule has 0 atom stereocenters. The number of carboxylic acid groups (broad SMARTS) is 1. The van der Waals surface area contributed by atoms with E-state index in [1.807, 2.05) is 0 Å². The molecule has 0 aliphatic rings. The van der Waals surface area contributed by atoms with Crippen molar-refractivity contribution in [2.45, 2.75) is 6.42 Å². The minimum absolute atomic E-state index is 0.00439. The first-order valence-corrected chi connectivity index (χ1v) is 6.05. The van der Waals surface area contributed by atoms with Crippen molar-refractivity contribution < 1.29 is 14.3 Å². The highest BCUT2D eigenvalue weighted by Gasteiger charge is 2.15. The molecular weight excluding hydrogens is 292 g/mol. The van der Waals surface area contributed by atoms with Gasteiger partial charge in [0.05, 0.1) is 16.5 Å². The SMILES string of the molecule is O=C(O)Cc1cnc(-c2c(Cl)cccc2Cl)c(F)c1. The van der Waals surface area contributed by atoms with Crippen molar-refractivity contribution in [2.75, 3.05) is 0 Å². The van der Waals surface area contributed by atoms with Gasteiger partial charge in [-0.15, -0.1) is 0 Å². The second-order valence-corrected chi connectivity index (χ2v) is 4.66. The van der Waals surface area contributed by atoms with Crippen molar-refractivity contribution in [1.82, 2.24) is 4.98 Å². The molecule has 0 amide bonds. The summed E-state index contributed by atoms with van der Waals surface area (Å²) in [7, 11) is 0. The monoisotopic (exact) mass is 299 g/mol. The van der Waals surface area contributed by atoms with Crippen molar-refractivity contribution >= 4 is 29.2 Å². The van der Waals surface area contributed by atoms with Crippen molar-refractivity contribution in [3.63, 3.8) is 0 Å². The minimum atomic E-state index is -1.05. The number of halogens is 3. The smallest absolute Gasteiger partial charge is 0.307 e. The maximum atomic E-state index is 14.0. The normalized spacial score (nSPS) is 10.5. The van der Waals surface area contributed by atoms with Gasteiger partial charge in [-0.25, -0.2) is 4.39 Å². The fourth-order valence-electron chi connectivity index (χ4n) is 1.66. The number of aliphatic carboxylic acids is 1. The van der Waals surface area contributed by atoms with E-state index < -0.39 is 11.8 Å². The highest BCUT2D eigenvalue weighted by molar-refractivity contribution is 6.39. The predicted octanol–water partition coefficient (Wildman–Crippen LogP) is 3.82. The van der Waals surface area contributed by atoms with Crippen LogP contribution < -0.4 is 0 Å². The van der Waals surface area contributed by atoms with Crippen LogP contribution in [0.5, 0.6) is 0 Å². The lowest BCUT2D eigenvalue weighted by Crippen LogP contribution is -2.02. The summed E-state index contributed by atoms with van der Waals surface area (Å²) in [6.45, 7) is 0. The molecule has 0 fully saturated rings. The molecule has 0 aliphatic carbocycles. The second kappa shape index (κ2) is 5.55. The van der Waals surface area contributed by atoms with Crippen LogP contribution in [0.4, 0.5) is 4.39 Å². The molecular formula is C13H8Cl2FNO2. The van der Waals surface area contributed by atoms with Crippen LogP contribution in [0.3, 0.4) is 0 Å². The molecule has 19 heavy (non-hydrogen) atoms. The minimum Gasteiger partial charge on any atom is -0.481 e. The molecule has 1 N–H and O–H groups in total. The predicted molar refractivity (Wildman–Crippen MR) is 71.0 cm³/mol. The Bertz CT molecular complexity index is 626. The zero-order valence-corrected chi connectivity index (χ0v) is 11.0. The standard InChI is InChI=1S/C13H8Cl2FNO2/c14-8-2-1-3-9(15)12(8)13-10(16)4-7(6-17-13)5-11(18)19/h1-4,6H,5H2,(H,18,19). The number of rotatable bonds is 3. The van der Waals surface area contributed by atoms with Gasteiger partial charge in [-0.1, -0.05) is 29.3 Å². The summed E-state index contributed by atoms with van der Waals surface area (Å²) in [5.41, 5.74) is 0.576. The third kappa shape index (κ3) is 3.03. The van der Waals surface area contributed by atoms with E-state index in [-0.39, 0.29) is 27.7 Å². The summed E-state index contributed by atoms with van der Waals surface area (Å²) >= 11 is 11.9. The molecule has 0 unspecified atom stereocenters. The fraction of sp³-hybridized carbons (Fsp3) is 0.0769. The lowest BCUT2D eigenvalue weighted by molar-refractivity contribution is -0.136. The molecule has 0 saturated heterocycles. The average molecular weight is 300 g/mol. The second-order valence-electron chi connectivity index (χ2n) is 3.84. The zero-order chi connectivity index (χ0) is 14.0. The molecule has 1 heterocycles. The number of hydrogen-bond donors (Lipinski definition) is 1. The van der Waals surface area contributed by atoms with Crippen molar-refractivity contribution in [3.05, 3.63) is 51.9 Å². The molecule has 0 bridgehead atoms. The van der Waals surface area contributed by atoms with E-state index in [0.29, 0.717) is 5.56 Å². The summed E-state index contributed by atoms with van der Waals surface area (Å²) in [5, 5.41) is 9.20. The topological polar surface area (TPSA) is 50.2 Å². The van der Waals surface area contributed by atoms with Crippen LogP contribution in [0.25, 0.3) is 11.3 Å². The van der Waals surface area contributed by atoms with Crippen LogP contribution in [0.1, 0.15) is 5.56 Å². The molecule has 2 rings (SSSR count). The van der Waals surface area contributed by atoms with Gasteiger partial charge in [0.25, 0.3) is 0 Å². The Morgan fingerprint density at radius 1 is 1.32 bits per heavy atom. The summed E-state index contributed by atoms with van der Waals surface area (Å²) < 4.78 is 14.0. The molecule has 2 aromatic rings. The first-order chi connectivity index (χ1) is 8.99. The van der Waals surface area contributed by atoms with Gasteiger partial charge in [-0.3, -0.25) is 9.78 Å². The van der Waals surface area contributed by atoms with Crippen molar-refractivity contribution in [2.24, 2.45) is 0 Å². The van der Waals surface area contributed by atoms with Crippen LogP contribution in [-0.4, -0.2) is 16.1 Å². The molecule has 0 aliphatic heterocycles. The number of aromatic nitrogens is 1. The van der Waals surface area contributed by atoms with E-state index in [1.54, 1.807) is 18.2 Å². The van der Waals surface area contributed by atoms with Gasteiger partial charge >= 0.3 is 5.97 Å². The molecule has 3 nitrogen and oxygen atoms in total. The third-order valence-corrected chi connectivity index (χ3v) is 3.08. The zero-order valence-electron chi connectivity index (χ0n) is 9.53. The Balaban J connectivity index is 2.49. The Labute approximate surface area is 118 Å². The number of carboxylic acids is 1. The van der Waals surface area contributed by atoms with E-state index in [9.17, 15) is 9.18 Å². The van der Waals surface area contributed by atoms with E-state index in [0.717, 1.165) is 6.07 Å². The lowest BCUT2D eigenvalue weighted by atomic mass is 10.1. The largest absolute Gasteiger partial charge is 0.481 e. The molecule has 1 aromatic heterocycles. The summed E-state index contributed by atoms with van der Waals surface area (Å²) in [6.07, 6.45) is 1.01. The fourth-order valence-corrected chi connectivity index (χ4v) is 2.23. The number of nitrogens with zero attached hydrogens (tertiary/aromatic N) is 1. The molecule has 0 spiro atoms. The van der Waals surface area contributed by atoms with E-state index in [1.165, 1.54) is 6.20 Å². The van der Waals surface area contributed by atoms with Gasteiger partial charge < -0.3 is 5.11 Å². The lowest BCUT2D eigenvalue weighted by Gasteiger charge is -2.08. The summed E-state index contributed by atoms with van der Waals surface area (Å²) in [6, 6.07) is 5.92. The van der Waals surface area contributed by atoms with Crippen molar-refractivity contribution in [1.29, 1.82) is 0 Å². The van der Waals surface area contributed by atoms with Gasteiger partial charge in [0, 0.05) is 11.8 Å². The Hall–Kier alpha value is -1.65. The third-order valence-electron chi connectivity index (χ3n) is 2.45. The summed E-state index contributed by atoms with van der Waals surface area (Å²) in [4.78, 5) is 14.5. The Kier molecular flexibility index (Phi) is 4.02. The van der Waals surface area contributed by atoms with Crippen LogP contribution in [0.2, 0.25) is 10.0 Å². The molecule has 6 heteroatoms. The molecule has 0 saturated carbocycles. The molecule has 98 valence electrons. The van der Waals surface area contributed by atoms with Gasteiger partial charge in [0.15, 0.2) is 0 Å². The first kappa shape index (κ1) is 13.8. The van der Waals surface area contributed by atoms with Crippen molar-refractivity contribution in [3.8, 4) is 11.3 Å². The van der Waals surface area contributed by atoms with Gasteiger partial charge in [0.1, 0.15) is 11.5 Å². The molecule has 1 aromatic carbocycles. The van der Waals surface area contributed by atoms with Crippen LogP contribution in [0.15, 0.2) is 30.5 Å². The quantitative estimate of drug-likeness (QED) is 0.937. The van der Waals surface area contributed by atoms with Gasteiger partial charge in [0.2, 0.25) is 0 Å². The first-order valence-electron chi connectivity index (χ1n) is 5.29. The van der Waals surface area contributed by atoms with Crippen LogP contribution in [0, 0.1) is 5.82 Å². The van der Waals surface area contributed by atoms with Crippen LogP contribution in [-0.2, 0) is 11.2 Å². The highest BCUT2D eigenvalue weighted by atomic mass is 35.5. The number of hydrogen-bond acceptors (Lipinski definition) is 2. The maximum absolute atomic E-state index is 14.0. The Morgan fingerprint density at radius 3 is 2.47 bits per heavy atom. The maximum Gasteiger partial charge on any atom is 0.307 e. The summed E-state index contributed by atoms with van der Waals surface area (Å²) in [5.74, 6) is -1.71. The number of pyridine rings is 1. The van der Waals surface area contributed by atoms with Gasteiger partial charge in [-0.2, -0.15) is 0 Å². The van der Waals surface area contributed by atoms with Gasteiger partial charge in [-0.05, 0) is 23.8 Å². The van der Waals surface area contributed by atoms with E-state index >= 15 is 0 Å². The Morgan fingerprint density at radius 2 is 1.95 bits per heavy atom. The van der Waals surface area contributed by atoms with Crippen LogP contribution >= 0.6 is 23.2 Å². The average Bonchev–Trinajstić information content (AvgIpc) is 2.30. The highest BCUT2D eigenvalue weighted by Crippen LogP contribution is 2.34. The molecule has 0 radical (unpaired) electrons. The van der Waals surface area contributed by atoms with E-state index in [4.69, 9.17) is 28.3 Å². The van der Waals surface area contributed by atoms with E-state index in [2.05, 4.69) is 4.98 Å². The number of carbonyl (C=O) groups is 1. The number of benzene rings is 1.